The second-order valence-electron chi connectivity index (χ2n) is 6.84. The van der Waals surface area contributed by atoms with E-state index >= 15 is 0 Å². The van der Waals surface area contributed by atoms with Crippen molar-refractivity contribution in [2.45, 2.75) is 38.6 Å². The van der Waals surface area contributed by atoms with Gasteiger partial charge in [-0.2, -0.15) is 0 Å². The molecule has 1 saturated heterocycles. The average Bonchev–Trinajstić information content (AvgIpc) is 2.86. The average molecular weight is 359 g/mol. The second-order valence-corrected chi connectivity index (χ2v) is 6.84. The van der Waals surface area contributed by atoms with E-state index in [-0.39, 0.29) is 23.9 Å². The molecular weight excluding hydrogens is 334 g/mol. The molecule has 26 heavy (non-hydrogen) atoms. The summed E-state index contributed by atoms with van der Waals surface area (Å²) in [6.07, 6.45) is 3.74. The van der Waals surface area contributed by atoms with Gasteiger partial charge in [0.05, 0.1) is 11.1 Å². The summed E-state index contributed by atoms with van der Waals surface area (Å²) in [5.74, 6) is -0.604. The van der Waals surface area contributed by atoms with E-state index in [0.717, 1.165) is 25.8 Å². The predicted molar refractivity (Wildman–Crippen MR) is 97.3 cm³/mol. The van der Waals surface area contributed by atoms with E-state index in [1.807, 2.05) is 11.8 Å². The van der Waals surface area contributed by atoms with Crippen molar-refractivity contribution in [3.8, 4) is 0 Å². The third-order valence-corrected chi connectivity index (χ3v) is 5.02. The van der Waals surface area contributed by atoms with Gasteiger partial charge in [-0.3, -0.25) is 14.5 Å². The van der Waals surface area contributed by atoms with Crippen LogP contribution in [-0.2, 0) is 4.74 Å². The van der Waals surface area contributed by atoms with Crippen LogP contribution in [0.4, 0.5) is 10.5 Å². The normalized spacial score (nSPS) is 19.7. The first-order valence-corrected chi connectivity index (χ1v) is 9.09. The van der Waals surface area contributed by atoms with Gasteiger partial charge in [0.1, 0.15) is 0 Å². The molecule has 0 aliphatic carbocycles. The lowest BCUT2D eigenvalue weighted by Gasteiger charge is -2.33. The van der Waals surface area contributed by atoms with Gasteiger partial charge in [0.25, 0.3) is 11.8 Å². The number of imide groups is 1. The number of fused-ring (bicyclic) bond motifs is 1. The molecule has 2 heterocycles. The van der Waals surface area contributed by atoms with E-state index in [1.54, 1.807) is 25.3 Å². The summed E-state index contributed by atoms with van der Waals surface area (Å²) in [5, 5.41) is 2.86. The first-order valence-electron chi connectivity index (χ1n) is 9.09. The van der Waals surface area contributed by atoms with Gasteiger partial charge in [-0.15, -0.1) is 0 Å². The molecule has 0 radical (unpaired) electrons. The maximum absolute atomic E-state index is 12.5. The molecule has 7 heteroatoms. The summed E-state index contributed by atoms with van der Waals surface area (Å²) in [7, 11) is 1.58. The van der Waals surface area contributed by atoms with Crippen molar-refractivity contribution in [1.82, 2.24) is 9.80 Å². The molecule has 0 spiro atoms. The van der Waals surface area contributed by atoms with Crippen molar-refractivity contribution in [1.29, 1.82) is 0 Å². The van der Waals surface area contributed by atoms with Crippen LogP contribution < -0.4 is 5.32 Å². The van der Waals surface area contributed by atoms with Gasteiger partial charge in [0.2, 0.25) is 0 Å². The molecule has 4 amide bonds. The van der Waals surface area contributed by atoms with Crippen LogP contribution in [0.5, 0.6) is 0 Å². The number of amides is 4. The van der Waals surface area contributed by atoms with Crippen molar-refractivity contribution in [2.75, 3.05) is 32.1 Å². The molecule has 1 unspecified atom stereocenters. The van der Waals surface area contributed by atoms with Crippen molar-refractivity contribution in [3.63, 3.8) is 0 Å². The van der Waals surface area contributed by atoms with Gasteiger partial charge in [0.15, 0.2) is 0 Å². The lowest BCUT2D eigenvalue weighted by Crippen LogP contribution is -2.44. The zero-order chi connectivity index (χ0) is 18.7. The predicted octanol–water partition coefficient (Wildman–Crippen LogP) is 2.73. The van der Waals surface area contributed by atoms with Crippen LogP contribution in [0.2, 0.25) is 0 Å². The van der Waals surface area contributed by atoms with Gasteiger partial charge in [-0.05, 0) is 50.8 Å². The monoisotopic (exact) mass is 359 g/mol. The Hall–Kier alpha value is -2.41. The van der Waals surface area contributed by atoms with Crippen molar-refractivity contribution in [3.05, 3.63) is 29.3 Å². The molecule has 2 aliphatic heterocycles. The van der Waals surface area contributed by atoms with Crippen LogP contribution >= 0.6 is 0 Å². The third-order valence-electron chi connectivity index (χ3n) is 5.02. The van der Waals surface area contributed by atoms with Crippen molar-refractivity contribution < 1.29 is 19.1 Å². The highest BCUT2D eigenvalue weighted by Crippen LogP contribution is 2.26. The molecular formula is C19H25N3O4. The number of rotatable bonds is 5. The van der Waals surface area contributed by atoms with E-state index in [1.165, 1.54) is 4.90 Å². The molecule has 1 aromatic carbocycles. The number of hydrogen-bond acceptors (Lipinski definition) is 4. The molecule has 0 saturated carbocycles. The largest absolute Gasteiger partial charge is 0.385 e. The lowest BCUT2D eigenvalue weighted by molar-refractivity contribution is 0.0638. The van der Waals surface area contributed by atoms with Crippen LogP contribution in [0.25, 0.3) is 0 Å². The van der Waals surface area contributed by atoms with E-state index in [0.29, 0.717) is 36.4 Å². The maximum Gasteiger partial charge on any atom is 0.322 e. The smallest absolute Gasteiger partial charge is 0.322 e. The Balaban J connectivity index is 1.71. The Bertz CT molecular complexity index is 719. The molecule has 1 atom stereocenters. The first-order chi connectivity index (χ1) is 12.5. The summed E-state index contributed by atoms with van der Waals surface area (Å²) < 4.78 is 4.98. The maximum atomic E-state index is 12.5. The summed E-state index contributed by atoms with van der Waals surface area (Å²) in [5.41, 5.74) is 1.26. The molecule has 7 nitrogen and oxygen atoms in total. The molecule has 1 N–H and O–H groups in total. The summed E-state index contributed by atoms with van der Waals surface area (Å²) in [4.78, 5) is 40.5. The van der Waals surface area contributed by atoms with Gasteiger partial charge >= 0.3 is 6.03 Å². The van der Waals surface area contributed by atoms with Crippen molar-refractivity contribution in [2.24, 2.45) is 0 Å². The van der Waals surface area contributed by atoms with Gasteiger partial charge in [0, 0.05) is 38.5 Å². The number of piperidine rings is 1. The molecule has 0 aromatic heterocycles. The Morgan fingerprint density at radius 1 is 1.23 bits per heavy atom. The SMILES string of the molecule is COCCCN1C(=O)c2ccc(NC(=O)N3CCCCC3C)cc2C1=O. The number of urea groups is 1. The van der Waals surface area contributed by atoms with Crippen LogP contribution in [0, 0.1) is 0 Å². The Morgan fingerprint density at radius 2 is 2.00 bits per heavy atom. The van der Waals surface area contributed by atoms with E-state index in [4.69, 9.17) is 4.74 Å². The number of anilines is 1. The van der Waals surface area contributed by atoms with Gasteiger partial charge in [-0.25, -0.2) is 4.79 Å². The number of carbonyl (C=O) groups is 3. The number of ether oxygens (including phenoxy) is 1. The number of carbonyl (C=O) groups excluding carboxylic acids is 3. The van der Waals surface area contributed by atoms with Crippen molar-refractivity contribution >= 4 is 23.5 Å². The minimum absolute atomic E-state index is 0.161. The summed E-state index contributed by atoms with van der Waals surface area (Å²) in [6, 6.07) is 4.93. The molecule has 140 valence electrons. The lowest BCUT2D eigenvalue weighted by atomic mass is 10.0. The number of methoxy groups -OCH3 is 1. The minimum atomic E-state index is -0.316. The minimum Gasteiger partial charge on any atom is -0.385 e. The molecule has 1 aromatic rings. The molecule has 1 fully saturated rings. The zero-order valence-electron chi connectivity index (χ0n) is 15.3. The second kappa shape index (κ2) is 7.86. The number of benzene rings is 1. The van der Waals surface area contributed by atoms with Gasteiger partial charge in [-0.1, -0.05) is 0 Å². The first kappa shape index (κ1) is 18.4. The molecule has 2 aliphatic rings. The highest BCUT2D eigenvalue weighted by molar-refractivity contribution is 6.21. The fourth-order valence-corrected chi connectivity index (χ4v) is 3.53. The van der Waals surface area contributed by atoms with Crippen LogP contribution in [0.1, 0.15) is 53.3 Å². The summed E-state index contributed by atoms with van der Waals surface area (Å²) >= 11 is 0. The summed E-state index contributed by atoms with van der Waals surface area (Å²) in [6.45, 7) is 3.60. The van der Waals surface area contributed by atoms with E-state index in [2.05, 4.69) is 5.32 Å². The fraction of sp³-hybridized carbons (Fsp3) is 0.526. The third kappa shape index (κ3) is 3.58. The van der Waals surface area contributed by atoms with E-state index < -0.39 is 0 Å². The number of likely N-dealkylation sites (tertiary alicyclic amines) is 1. The highest BCUT2D eigenvalue weighted by Gasteiger charge is 2.35. The van der Waals surface area contributed by atoms with Gasteiger partial charge < -0.3 is 15.0 Å². The Labute approximate surface area is 153 Å². The standard InChI is InChI=1S/C19H25N3O4/c1-13-6-3-4-9-21(13)19(25)20-14-7-8-15-16(12-14)18(24)22(17(15)23)10-5-11-26-2/h7-8,12-13H,3-6,9-11H2,1-2H3,(H,20,25). The zero-order valence-corrected chi connectivity index (χ0v) is 15.3. The number of nitrogens with one attached hydrogen (secondary N) is 1. The molecule has 3 rings (SSSR count). The topological polar surface area (TPSA) is 79.0 Å². The van der Waals surface area contributed by atoms with Crippen LogP contribution in [-0.4, -0.2) is 60.5 Å². The Kier molecular flexibility index (Phi) is 5.56. The van der Waals surface area contributed by atoms with E-state index in [9.17, 15) is 14.4 Å². The van der Waals surface area contributed by atoms with Crippen LogP contribution in [0.15, 0.2) is 18.2 Å². The number of hydrogen-bond donors (Lipinski definition) is 1. The number of nitrogens with zero attached hydrogens (tertiary/aromatic N) is 2. The Morgan fingerprint density at radius 3 is 2.73 bits per heavy atom. The molecule has 0 bridgehead atoms. The highest BCUT2D eigenvalue weighted by atomic mass is 16.5. The fourth-order valence-electron chi connectivity index (χ4n) is 3.53. The quantitative estimate of drug-likeness (QED) is 0.648. The van der Waals surface area contributed by atoms with Crippen LogP contribution in [0.3, 0.4) is 0 Å².